The molecule has 0 spiro atoms. The third-order valence-corrected chi connectivity index (χ3v) is 3.19. The van der Waals surface area contributed by atoms with E-state index in [0.717, 1.165) is 11.3 Å². The Bertz CT molecular complexity index is 603. The van der Waals surface area contributed by atoms with Gasteiger partial charge in [-0.2, -0.15) is 0 Å². The topological polar surface area (TPSA) is 32.3 Å². The number of anilines is 1. The van der Waals surface area contributed by atoms with Crippen LogP contribution in [-0.4, -0.2) is 19.6 Å². The fourth-order valence-electron chi connectivity index (χ4n) is 1.88. The number of carbonyl (C=O) groups is 1. The molecule has 0 aliphatic rings. The highest BCUT2D eigenvalue weighted by Crippen LogP contribution is 2.12. The van der Waals surface area contributed by atoms with Gasteiger partial charge in [-0.3, -0.25) is 4.79 Å². The number of carbonyl (C=O) groups excluding carboxylic acids is 1. The molecule has 0 radical (unpaired) electrons. The molecule has 2 aromatic rings. The predicted molar refractivity (Wildman–Crippen MR) is 88.1 cm³/mol. The molecule has 0 saturated heterocycles. The SMILES string of the molecule is Cc1ccc(N(C)CNC(=O)/C=C/c2ccccc2)cc1. The maximum absolute atomic E-state index is 11.8. The molecule has 2 aromatic carbocycles. The van der Waals surface area contributed by atoms with E-state index in [9.17, 15) is 4.79 Å². The van der Waals surface area contributed by atoms with Crippen LogP contribution in [0, 0.1) is 6.92 Å². The van der Waals surface area contributed by atoms with Gasteiger partial charge in [0.15, 0.2) is 0 Å². The second-order valence-corrected chi connectivity index (χ2v) is 4.98. The van der Waals surface area contributed by atoms with Gasteiger partial charge in [0.25, 0.3) is 0 Å². The zero-order valence-corrected chi connectivity index (χ0v) is 12.4. The molecule has 0 fully saturated rings. The number of hydrogen-bond acceptors (Lipinski definition) is 2. The van der Waals surface area contributed by atoms with Gasteiger partial charge in [-0.15, -0.1) is 0 Å². The molecule has 0 saturated carbocycles. The second-order valence-electron chi connectivity index (χ2n) is 4.98. The Hall–Kier alpha value is -2.55. The highest BCUT2D eigenvalue weighted by molar-refractivity contribution is 5.91. The van der Waals surface area contributed by atoms with Crippen molar-refractivity contribution >= 4 is 17.7 Å². The number of rotatable bonds is 5. The zero-order chi connectivity index (χ0) is 15.1. The highest BCUT2D eigenvalue weighted by Gasteiger charge is 2.01. The van der Waals surface area contributed by atoms with Gasteiger partial charge < -0.3 is 10.2 Å². The molecule has 0 aliphatic carbocycles. The Labute approximate surface area is 125 Å². The lowest BCUT2D eigenvalue weighted by molar-refractivity contribution is -0.116. The molecule has 3 nitrogen and oxygen atoms in total. The summed E-state index contributed by atoms with van der Waals surface area (Å²) in [5.41, 5.74) is 3.31. The van der Waals surface area contributed by atoms with Gasteiger partial charge in [-0.05, 0) is 30.7 Å². The Morgan fingerprint density at radius 3 is 2.43 bits per heavy atom. The maximum Gasteiger partial charge on any atom is 0.245 e. The lowest BCUT2D eigenvalue weighted by atomic mass is 10.2. The van der Waals surface area contributed by atoms with Crippen LogP contribution in [0.1, 0.15) is 11.1 Å². The van der Waals surface area contributed by atoms with Crippen molar-refractivity contribution < 1.29 is 4.79 Å². The second kappa shape index (κ2) is 7.29. The van der Waals surface area contributed by atoms with E-state index < -0.39 is 0 Å². The van der Waals surface area contributed by atoms with Crippen LogP contribution in [-0.2, 0) is 4.79 Å². The Kier molecular flexibility index (Phi) is 5.16. The van der Waals surface area contributed by atoms with Crippen LogP contribution in [0.2, 0.25) is 0 Å². The molecule has 0 atom stereocenters. The summed E-state index contributed by atoms with van der Waals surface area (Å²) in [7, 11) is 1.95. The van der Waals surface area contributed by atoms with Gasteiger partial charge in [0.2, 0.25) is 5.91 Å². The fraction of sp³-hybridized carbons (Fsp3) is 0.167. The van der Waals surface area contributed by atoms with Crippen molar-refractivity contribution in [2.75, 3.05) is 18.6 Å². The number of aryl methyl sites for hydroxylation is 1. The average molecular weight is 280 g/mol. The van der Waals surface area contributed by atoms with E-state index in [4.69, 9.17) is 0 Å². The summed E-state index contributed by atoms with van der Waals surface area (Å²) in [5, 5.41) is 2.87. The van der Waals surface area contributed by atoms with Gasteiger partial charge in [-0.25, -0.2) is 0 Å². The van der Waals surface area contributed by atoms with E-state index in [-0.39, 0.29) is 5.91 Å². The number of nitrogens with one attached hydrogen (secondary N) is 1. The van der Waals surface area contributed by atoms with Gasteiger partial charge in [0.1, 0.15) is 0 Å². The third-order valence-electron chi connectivity index (χ3n) is 3.19. The number of hydrogen-bond donors (Lipinski definition) is 1. The van der Waals surface area contributed by atoms with E-state index in [1.165, 1.54) is 5.56 Å². The zero-order valence-electron chi connectivity index (χ0n) is 12.4. The van der Waals surface area contributed by atoms with Crippen molar-refractivity contribution in [1.29, 1.82) is 0 Å². The number of amides is 1. The lowest BCUT2D eigenvalue weighted by Gasteiger charge is -2.19. The molecule has 2 rings (SSSR count). The molecular weight excluding hydrogens is 260 g/mol. The molecule has 21 heavy (non-hydrogen) atoms. The maximum atomic E-state index is 11.8. The standard InChI is InChI=1S/C18H20N2O/c1-15-8-11-17(12-9-15)20(2)14-19-18(21)13-10-16-6-4-3-5-7-16/h3-13H,14H2,1-2H3,(H,19,21)/b13-10+. The molecule has 0 aliphatic heterocycles. The minimum atomic E-state index is -0.0992. The first-order chi connectivity index (χ1) is 10.1. The van der Waals surface area contributed by atoms with Crippen LogP contribution in [0.5, 0.6) is 0 Å². The van der Waals surface area contributed by atoms with Crippen molar-refractivity contribution in [1.82, 2.24) is 5.32 Å². The van der Waals surface area contributed by atoms with Crippen LogP contribution in [0.3, 0.4) is 0 Å². The van der Waals surface area contributed by atoms with E-state index in [0.29, 0.717) is 6.67 Å². The Balaban J connectivity index is 1.83. The minimum absolute atomic E-state index is 0.0992. The summed E-state index contributed by atoms with van der Waals surface area (Å²) in [4.78, 5) is 13.8. The van der Waals surface area contributed by atoms with Gasteiger partial charge in [0.05, 0.1) is 6.67 Å². The van der Waals surface area contributed by atoms with Gasteiger partial charge in [-0.1, -0.05) is 48.0 Å². The monoisotopic (exact) mass is 280 g/mol. The summed E-state index contributed by atoms with van der Waals surface area (Å²) in [6.45, 7) is 2.53. The molecule has 0 aromatic heterocycles. The molecule has 0 heterocycles. The predicted octanol–water partition coefficient (Wildman–Crippen LogP) is 3.22. The van der Waals surface area contributed by atoms with Gasteiger partial charge >= 0.3 is 0 Å². The molecule has 0 bridgehead atoms. The first-order valence-electron chi connectivity index (χ1n) is 6.94. The number of benzene rings is 2. The molecular formula is C18H20N2O. The Morgan fingerprint density at radius 2 is 1.76 bits per heavy atom. The molecule has 3 heteroatoms. The third kappa shape index (κ3) is 4.80. The van der Waals surface area contributed by atoms with Crippen molar-refractivity contribution in [2.45, 2.75) is 6.92 Å². The van der Waals surface area contributed by atoms with E-state index in [1.807, 2.05) is 54.4 Å². The molecule has 108 valence electrons. The van der Waals surface area contributed by atoms with Crippen LogP contribution >= 0.6 is 0 Å². The fourth-order valence-corrected chi connectivity index (χ4v) is 1.88. The summed E-state index contributed by atoms with van der Waals surface area (Å²) >= 11 is 0. The summed E-state index contributed by atoms with van der Waals surface area (Å²) in [5.74, 6) is -0.0992. The first kappa shape index (κ1) is 14.9. The largest absolute Gasteiger partial charge is 0.357 e. The summed E-state index contributed by atoms with van der Waals surface area (Å²) < 4.78 is 0. The van der Waals surface area contributed by atoms with E-state index in [2.05, 4.69) is 24.4 Å². The highest BCUT2D eigenvalue weighted by atomic mass is 16.1. The quantitative estimate of drug-likeness (QED) is 0.673. The Morgan fingerprint density at radius 1 is 1.10 bits per heavy atom. The average Bonchev–Trinajstić information content (AvgIpc) is 2.52. The van der Waals surface area contributed by atoms with Crippen molar-refractivity contribution in [3.05, 3.63) is 71.8 Å². The van der Waals surface area contributed by atoms with Crippen LogP contribution < -0.4 is 10.2 Å². The van der Waals surface area contributed by atoms with Crippen molar-refractivity contribution in [2.24, 2.45) is 0 Å². The first-order valence-corrected chi connectivity index (χ1v) is 6.94. The molecule has 0 unspecified atom stereocenters. The van der Waals surface area contributed by atoms with Crippen molar-refractivity contribution in [3.8, 4) is 0 Å². The summed E-state index contributed by atoms with van der Waals surface area (Å²) in [6.07, 6.45) is 3.36. The minimum Gasteiger partial charge on any atom is -0.357 e. The van der Waals surface area contributed by atoms with Crippen LogP contribution in [0.15, 0.2) is 60.7 Å². The van der Waals surface area contributed by atoms with E-state index in [1.54, 1.807) is 12.2 Å². The van der Waals surface area contributed by atoms with E-state index >= 15 is 0 Å². The van der Waals surface area contributed by atoms with Crippen molar-refractivity contribution in [3.63, 3.8) is 0 Å². The normalized spacial score (nSPS) is 10.6. The molecule has 1 amide bonds. The van der Waals surface area contributed by atoms with Crippen LogP contribution in [0.4, 0.5) is 5.69 Å². The number of nitrogens with zero attached hydrogens (tertiary/aromatic N) is 1. The summed E-state index contributed by atoms with van der Waals surface area (Å²) in [6, 6.07) is 18.0. The smallest absolute Gasteiger partial charge is 0.245 e. The van der Waals surface area contributed by atoms with Crippen LogP contribution in [0.25, 0.3) is 6.08 Å². The van der Waals surface area contributed by atoms with Gasteiger partial charge in [0, 0.05) is 18.8 Å². The molecule has 1 N–H and O–H groups in total. The lowest BCUT2D eigenvalue weighted by Crippen LogP contribution is -2.34.